The van der Waals surface area contributed by atoms with Gasteiger partial charge in [-0.25, -0.2) is 4.79 Å². The molecule has 0 aliphatic rings. The summed E-state index contributed by atoms with van der Waals surface area (Å²) in [5.41, 5.74) is 3.05. The summed E-state index contributed by atoms with van der Waals surface area (Å²) < 4.78 is 0.934. The molecule has 19 heavy (non-hydrogen) atoms. The van der Waals surface area contributed by atoms with Crippen molar-refractivity contribution in [1.82, 2.24) is 5.32 Å². The third-order valence-electron chi connectivity index (χ3n) is 2.66. The summed E-state index contributed by atoms with van der Waals surface area (Å²) in [7, 11) is 0. The lowest BCUT2D eigenvalue weighted by molar-refractivity contribution is 0.251. The lowest BCUT2D eigenvalue weighted by Gasteiger charge is -2.08. The molecule has 3 nitrogen and oxygen atoms in total. The molecule has 0 fully saturated rings. The van der Waals surface area contributed by atoms with Crippen LogP contribution in [0.25, 0.3) is 0 Å². The minimum Gasteiger partial charge on any atom is -0.334 e. The Hall–Kier alpha value is -1.81. The van der Waals surface area contributed by atoms with E-state index in [9.17, 15) is 4.79 Å². The highest BCUT2D eigenvalue weighted by molar-refractivity contribution is 9.10. The van der Waals surface area contributed by atoms with Gasteiger partial charge in [-0.1, -0.05) is 51.8 Å². The van der Waals surface area contributed by atoms with E-state index in [0.717, 1.165) is 15.7 Å². The summed E-state index contributed by atoms with van der Waals surface area (Å²) in [5, 5.41) is 5.61. The molecular formula is C15H15BrN2O. The second-order valence-corrected chi connectivity index (χ2v) is 5.22. The Balaban J connectivity index is 1.86. The highest BCUT2D eigenvalue weighted by Crippen LogP contribution is 2.15. The molecule has 0 spiro atoms. The molecule has 98 valence electrons. The van der Waals surface area contributed by atoms with E-state index in [0.29, 0.717) is 6.54 Å². The zero-order chi connectivity index (χ0) is 13.7. The Morgan fingerprint density at radius 3 is 2.58 bits per heavy atom. The van der Waals surface area contributed by atoms with Crippen LogP contribution in [0, 0.1) is 6.92 Å². The fourth-order valence-electron chi connectivity index (χ4n) is 1.63. The molecule has 0 atom stereocenters. The normalized spacial score (nSPS) is 10.0. The minimum atomic E-state index is -0.210. The molecule has 2 rings (SSSR count). The topological polar surface area (TPSA) is 41.1 Å². The summed E-state index contributed by atoms with van der Waals surface area (Å²) >= 11 is 3.36. The SMILES string of the molecule is Cc1ccc(CNC(=O)Nc2cccc(Br)c2)cc1. The van der Waals surface area contributed by atoms with E-state index < -0.39 is 0 Å². The van der Waals surface area contributed by atoms with Gasteiger partial charge in [0.1, 0.15) is 0 Å². The average molecular weight is 319 g/mol. The van der Waals surface area contributed by atoms with Gasteiger partial charge in [-0.15, -0.1) is 0 Å². The van der Waals surface area contributed by atoms with Crippen molar-refractivity contribution < 1.29 is 4.79 Å². The Kier molecular flexibility index (Phi) is 4.58. The van der Waals surface area contributed by atoms with Gasteiger partial charge in [0.15, 0.2) is 0 Å². The van der Waals surface area contributed by atoms with Crippen molar-refractivity contribution in [2.75, 3.05) is 5.32 Å². The van der Waals surface area contributed by atoms with E-state index in [-0.39, 0.29) is 6.03 Å². The first-order valence-corrected chi connectivity index (χ1v) is 6.79. The minimum absolute atomic E-state index is 0.210. The van der Waals surface area contributed by atoms with Crippen LogP contribution >= 0.6 is 15.9 Å². The van der Waals surface area contributed by atoms with Crippen LogP contribution in [0.3, 0.4) is 0 Å². The van der Waals surface area contributed by atoms with E-state index in [1.165, 1.54) is 5.56 Å². The summed E-state index contributed by atoms with van der Waals surface area (Å²) in [6.45, 7) is 2.55. The highest BCUT2D eigenvalue weighted by atomic mass is 79.9. The van der Waals surface area contributed by atoms with Gasteiger partial charge in [0.25, 0.3) is 0 Å². The van der Waals surface area contributed by atoms with Gasteiger partial charge >= 0.3 is 6.03 Å². The quantitative estimate of drug-likeness (QED) is 0.879. The van der Waals surface area contributed by atoms with Crippen LogP contribution in [0.15, 0.2) is 53.0 Å². The van der Waals surface area contributed by atoms with Gasteiger partial charge < -0.3 is 10.6 Å². The number of anilines is 1. The molecule has 0 aromatic heterocycles. The number of benzene rings is 2. The van der Waals surface area contributed by atoms with Crippen molar-refractivity contribution in [2.24, 2.45) is 0 Å². The number of carbonyl (C=O) groups excluding carboxylic acids is 1. The van der Waals surface area contributed by atoms with Crippen LogP contribution in [-0.4, -0.2) is 6.03 Å². The number of amides is 2. The van der Waals surface area contributed by atoms with Crippen LogP contribution in [0.2, 0.25) is 0 Å². The molecule has 0 heterocycles. The van der Waals surface area contributed by atoms with Crippen LogP contribution < -0.4 is 10.6 Å². The van der Waals surface area contributed by atoms with E-state index in [1.54, 1.807) is 0 Å². The maximum absolute atomic E-state index is 11.7. The summed E-state index contributed by atoms with van der Waals surface area (Å²) in [5.74, 6) is 0. The van der Waals surface area contributed by atoms with Crippen LogP contribution in [0.4, 0.5) is 10.5 Å². The van der Waals surface area contributed by atoms with Crippen molar-refractivity contribution >= 4 is 27.6 Å². The predicted molar refractivity (Wildman–Crippen MR) is 81.2 cm³/mol. The molecule has 2 N–H and O–H groups in total. The molecule has 0 radical (unpaired) electrons. The Labute approximate surface area is 121 Å². The predicted octanol–water partition coefficient (Wildman–Crippen LogP) is 4.08. The molecule has 0 saturated heterocycles. The Bertz CT molecular complexity index is 567. The van der Waals surface area contributed by atoms with Crippen LogP contribution in [0.1, 0.15) is 11.1 Å². The van der Waals surface area contributed by atoms with E-state index in [2.05, 4.69) is 26.6 Å². The molecule has 2 aromatic rings. The Morgan fingerprint density at radius 2 is 1.89 bits per heavy atom. The maximum Gasteiger partial charge on any atom is 0.319 e. The third kappa shape index (κ3) is 4.41. The molecule has 0 bridgehead atoms. The molecule has 0 saturated carbocycles. The Morgan fingerprint density at radius 1 is 1.16 bits per heavy atom. The number of urea groups is 1. The monoisotopic (exact) mass is 318 g/mol. The lowest BCUT2D eigenvalue weighted by Crippen LogP contribution is -2.28. The number of nitrogens with one attached hydrogen (secondary N) is 2. The van der Waals surface area contributed by atoms with Crippen LogP contribution in [-0.2, 0) is 6.54 Å². The molecule has 0 aliphatic carbocycles. The number of carbonyl (C=O) groups is 1. The molecule has 2 amide bonds. The highest BCUT2D eigenvalue weighted by Gasteiger charge is 2.01. The number of hydrogen-bond acceptors (Lipinski definition) is 1. The second-order valence-electron chi connectivity index (χ2n) is 4.30. The molecule has 0 aliphatic heterocycles. The second kappa shape index (κ2) is 6.38. The molecular weight excluding hydrogens is 304 g/mol. The number of rotatable bonds is 3. The van der Waals surface area contributed by atoms with Gasteiger partial charge in [-0.2, -0.15) is 0 Å². The van der Waals surface area contributed by atoms with Gasteiger partial charge in [0.2, 0.25) is 0 Å². The van der Waals surface area contributed by atoms with E-state index >= 15 is 0 Å². The zero-order valence-electron chi connectivity index (χ0n) is 10.6. The van der Waals surface area contributed by atoms with Gasteiger partial charge in [0.05, 0.1) is 0 Å². The first-order valence-electron chi connectivity index (χ1n) is 5.99. The van der Waals surface area contributed by atoms with Crippen molar-refractivity contribution in [2.45, 2.75) is 13.5 Å². The lowest BCUT2D eigenvalue weighted by atomic mass is 10.1. The summed E-state index contributed by atoms with van der Waals surface area (Å²) in [6, 6.07) is 15.4. The molecule has 2 aromatic carbocycles. The maximum atomic E-state index is 11.7. The largest absolute Gasteiger partial charge is 0.334 e. The fourth-order valence-corrected chi connectivity index (χ4v) is 2.03. The van der Waals surface area contributed by atoms with Gasteiger partial charge in [0, 0.05) is 16.7 Å². The van der Waals surface area contributed by atoms with Crippen molar-refractivity contribution in [1.29, 1.82) is 0 Å². The van der Waals surface area contributed by atoms with Crippen molar-refractivity contribution in [3.63, 3.8) is 0 Å². The fraction of sp³-hybridized carbons (Fsp3) is 0.133. The van der Waals surface area contributed by atoms with Gasteiger partial charge in [-0.3, -0.25) is 0 Å². The zero-order valence-corrected chi connectivity index (χ0v) is 12.2. The van der Waals surface area contributed by atoms with Crippen molar-refractivity contribution in [3.8, 4) is 0 Å². The molecule has 0 unspecified atom stereocenters. The van der Waals surface area contributed by atoms with E-state index in [4.69, 9.17) is 0 Å². The number of hydrogen-bond donors (Lipinski definition) is 2. The van der Waals surface area contributed by atoms with Crippen LogP contribution in [0.5, 0.6) is 0 Å². The average Bonchev–Trinajstić information content (AvgIpc) is 2.38. The van der Waals surface area contributed by atoms with Gasteiger partial charge in [-0.05, 0) is 30.7 Å². The van der Waals surface area contributed by atoms with E-state index in [1.807, 2.05) is 55.5 Å². The first-order chi connectivity index (χ1) is 9.13. The standard InChI is InChI=1S/C15H15BrN2O/c1-11-5-7-12(8-6-11)10-17-15(19)18-14-4-2-3-13(16)9-14/h2-9H,10H2,1H3,(H2,17,18,19). The molecule has 4 heteroatoms. The summed E-state index contributed by atoms with van der Waals surface area (Å²) in [6.07, 6.45) is 0. The number of aryl methyl sites for hydroxylation is 1. The van der Waals surface area contributed by atoms with Crippen molar-refractivity contribution in [3.05, 3.63) is 64.1 Å². The number of halogens is 1. The third-order valence-corrected chi connectivity index (χ3v) is 3.15. The first kappa shape index (κ1) is 13.6. The summed E-state index contributed by atoms with van der Waals surface area (Å²) in [4.78, 5) is 11.7. The smallest absolute Gasteiger partial charge is 0.319 e.